The van der Waals surface area contributed by atoms with Crippen LogP contribution in [0.1, 0.15) is 44.1 Å². The molecular weight excluding hydrogens is 461 g/mol. The van der Waals surface area contributed by atoms with Gasteiger partial charge in [0.2, 0.25) is 11.2 Å². The molecule has 176 valence electrons. The maximum atomic E-state index is 13.8. The van der Waals surface area contributed by atoms with Crippen molar-refractivity contribution in [3.63, 3.8) is 0 Å². The highest BCUT2D eigenvalue weighted by atomic mass is 35.5. The topological polar surface area (TPSA) is 65.7 Å². The van der Waals surface area contributed by atoms with Gasteiger partial charge in [-0.2, -0.15) is 13.2 Å². The molecule has 0 radical (unpaired) electrons. The summed E-state index contributed by atoms with van der Waals surface area (Å²) in [4.78, 5) is 25.0. The number of aryl methyl sites for hydroxylation is 2. The van der Waals surface area contributed by atoms with Crippen molar-refractivity contribution in [2.45, 2.75) is 47.2 Å². The second-order valence-corrected chi connectivity index (χ2v) is 9.31. The number of alkyl halides is 3. The molecular formula is C24H22ClF3O5. The van der Waals surface area contributed by atoms with E-state index in [1.165, 1.54) is 24.3 Å². The molecule has 0 aliphatic carbocycles. The van der Waals surface area contributed by atoms with Crippen LogP contribution in [0.25, 0.3) is 11.0 Å². The molecule has 1 heterocycles. The minimum Gasteiger partial charge on any atom is -0.449 e. The summed E-state index contributed by atoms with van der Waals surface area (Å²) in [5.41, 5.74) is -0.584. The van der Waals surface area contributed by atoms with E-state index in [0.29, 0.717) is 16.1 Å². The Morgan fingerprint density at radius 1 is 1.03 bits per heavy atom. The smallest absolute Gasteiger partial charge is 0.449 e. The first-order valence-corrected chi connectivity index (χ1v) is 10.4. The van der Waals surface area contributed by atoms with Gasteiger partial charge in [0, 0.05) is 11.1 Å². The molecule has 2 aromatic carbocycles. The molecule has 0 amide bonds. The Hall–Kier alpha value is -3.00. The minimum absolute atomic E-state index is 0.0132. The van der Waals surface area contributed by atoms with Crippen molar-refractivity contribution in [3.05, 3.63) is 62.5 Å². The van der Waals surface area contributed by atoms with Gasteiger partial charge in [0.1, 0.15) is 17.1 Å². The van der Waals surface area contributed by atoms with Crippen molar-refractivity contribution in [3.8, 4) is 17.2 Å². The number of hydrogen-bond acceptors (Lipinski definition) is 5. The molecule has 0 spiro atoms. The van der Waals surface area contributed by atoms with E-state index in [4.69, 9.17) is 25.5 Å². The predicted octanol–water partition coefficient (Wildman–Crippen LogP) is 7.22. The lowest BCUT2D eigenvalue weighted by Gasteiger charge is -2.17. The van der Waals surface area contributed by atoms with Crippen molar-refractivity contribution in [2.75, 3.05) is 0 Å². The zero-order valence-electron chi connectivity index (χ0n) is 18.6. The summed E-state index contributed by atoms with van der Waals surface area (Å²) < 4.78 is 56.9. The largest absolute Gasteiger partial charge is 0.453 e. The van der Waals surface area contributed by atoms with Crippen LogP contribution in [0.2, 0.25) is 5.02 Å². The van der Waals surface area contributed by atoms with Gasteiger partial charge in [0.15, 0.2) is 0 Å². The predicted molar refractivity (Wildman–Crippen MR) is 118 cm³/mol. The van der Waals surface area contributed by atoms with Gasteiger partial charge in [-0.05, 0) is 54.7 Å². The number of carbonyl (C=O) groups excluding carboxylic acids is 1. The Labute approximate surface area is 193 Å². The Bertz CT molecular complexity index is 1260. The van der Waals surface area contributed by atoms with Crippen LogP contribution >= 0.6 is 11.6 Å². The van der Waals surface area contributed by atoms with E-state index in [-0.39, 0.29) is 34.3 Å². The molecule has 0 aliphatic rings. The van der Waals surface area contributed by atoms with E-state index in [0.717, 1.165) is 6.07 Å². The van der Waals surface area contributed by atoms with Gasteiger partial charge in [0.05, 0.1) is 11.8 Å². The fourth-order valence-electron chi connectivity index (χ4n) is 3.18. The molecule has 5 nitrogen and oxygen atoms in total. The van der Waals surface area contributed by atoms with E-state index in [2.05, 4.69) is 0 Å². The molecule has 0 unspecified atom stereocenters. The molecule has 3 aromatic rings. The average Bonchev–Trinajstić information content (AvgIpc) is 2.65. The Morgan fingerprint density at radius 2 is 1.64 bits per heavy atom. The van der Waals surface area contributed by atoms with Gasteiger partial charge >= 0.3 is 12.1 Å². The zero-order chi connectivity index (χ0) is 24.7. The third-order valence-electron chi connectivity index (χ3n) is 4.62. The lowest BCUT2D eigenvalue weighted by Crippen LogP contribution is -2.18. The van der Waals surface area contributed by atoms with E-state index in [1.807, 2.05) is 20.8 Å². The standard InChI is InChI=1S/C24H22ClF3O5/c1-12-8-15(9-13(2)19(12)25)32-21-20(30)16-7-6-14(31-18(29)11-23(3,4)5)10-17(16)33-22(21)24(26,27)28/h6-10H,11H2,1-5H3. The number of halogens is 4. The lowest BCUT2D eigenvalue weighted by atomic mass is 9.92. The van der Waals surface area contributed by atoms with Crippen molar-refractivity contribution in [1.29, 1.82) is 0 Å². The van der Waals surface area contributed by atoms with E-state index >= 15 is 0 Å². The highest BCUT2D eigenvalue weighted by Gasteiger charge is 2.40. The highest BCUT2D eigenvalue weighted by Crippen LogP contribution is 2.39. The molecule has 0 saturated heterocycles. The molecule has 0 saturated carbocycles. The number of ether oxygens (including phenoxy) is 2. The van der Waals surface area contributed by atoms with Gasteiger partial charge < -0.3 is 13.9 Å². The molecule has 33 heavy (non-hydrogen) atoms. The normalized spacial score (nSPS) is 12.2. The SMILES string of the molecule is Cc1cc(Oc2c(C(F)(F)F)oc3cc(OC(=O)CC(C)(C)C)ccc3c2=O)cc(C)c1Cl. The van der Waals surface area contributed by atoms with Crippen LogP contribution in [0, 0.1) is 19.3 Å². The number of hydrogen-bond donors (Lipinski definition) is 0. The fourth-order valence-corrected chi connectivity index (χ4v) is 3.29. The Morgan fingerprint density at radius 3 is 2.18 bits per heavy atom. The van der Waals surface area contributed by atoms with Crippen LogP contribution in [0.5, 0.6) is 17.2 Å². The molecule has 3 rings (SSSR count). The summed E-state index contributed by atoms with van der Waals surface area (Å²) in [7, 11) is 0. The van der Waals surface area contributed by atoms with Crippen molar-refractivity contribution in [2.24, 2.45) is 5.41 Å². The van der Waals surface area contributed by atoms with Crippen LogP contribution in [0.4, 0.5) is 13.2 Å². The van der Waals surface area contributed by atoms with Gasteiger partial charge in [-0.15, -0.1) is 0 Å². The molecule has 0 aliphatic heterocycles. The van der Waals surface area contributed by atoms with Crippen LogP contribution < -0.4 is 14.9 Å². The first-order chi connectivity index (χ1) is 15.2. The molecule has 0 atom stereocenters. The van der Waals surface area contributed by atoms with E-state index < -0.39 is 29.1 Å². The Kier molecular flexibility index (Phi) is 6.53. The number of rotatable bonds is 4. The monoisotopic (exact) mass is 482 g/mol. The van der Waals surface area contributed by atoms with Crippen molar-refractivity contribution in [1.82, 2.24) is 0 Å². The van der Waals surface area contributed by atoms with E-state index in [9.17, 15) is 22.8 Å². The van der Waals surface area contributed by atoms with Crippen LogP contribution in [-0.4, -0.2) is 5.97 Å². The summed E-state index contributed by atoms with van der Waals surface area (Å²) >= 11 is 6.10. The van der Waals surface area contributed by atoms with Crippen LogP contribution in [0.15, 0.2) is 39.5 Å². The summed E-state index contributed by atoms with van der Waals surface area (Å²) in [6.07, 6.45) is -4.92. The van der Waals surface area contributed by atoms with Crippen LogP contribution in [0.3, 0.4) is 0 Å². The molecule has 0 fully saturated rings. The average molecular weight is 483 g/mol. The first-order valence-electron chi connectivity index (χ1n) is 9.99. The van der Waals surface area contributed by atoms with Crippen LogP contribution in [-0.2, 0) is 11.0 Å². The third kappa shape index (κ3) is 5.68. The first kappa shape index (κ1) is 24.6. The highest BCUT2D eigenvalue weighted by molar-refractivity contribution is 6.32. The third-order valence-corrected chi connectivity index (χ3v) is 5.21. The maximum Gasteiger partial charge on any atom is 0.453 e. The number of benzene rings is 2. The van der Waals surface area contributed by atoms with Crippen molar-refractivity contribution < 1.29 is 31.9 Å². The van der Waals surface area contributed by atoms with Gasteiger partial charge in [-0.1, -0.05) is 32.4 Å². The molecule has 9 heteroatoms. The Balaban J connectivity index is 2.09. The van der Waals surface area contributed by atoms with E-state index in [1.54, 1.807) is 13.8 Å². The number of fused-ring (bicyclic) bond motifs is 1. The number of carbonyl (C=O) groups is 1. The van der Waals surface area contributed by atoms with Gasteiger partial charge in [0.25, 0.3) is 5.76 Å². The quantitative estimate of drug-likeness (QED) is 0.290. The fraction of sp³-hybridized carbons (Fsp3) is 0.333. The zero-order valence-corrected chi connectivity index (χ0v) is 19.4. The van der Waals surface area contributed by atoms with Crippen molar-refractivity contribution >= 4 is 28.5 Å². The summed E-state index contributed by atoms with van der Waals surface area (Å²) in [6.45, 7) is 8.86. The molecule has 0 bridgehead atoms. The summed E-state index contributed by atoms with van der Waals surface area (Å²) in [5.74, 6) is -3.17. The van der Waals surface area contributed by atoms with Gasteiger partial charge in [-0.3, -0.25) is 9.59 Å². The molecule has 1 aromatic heterocycles. The minimum atomic E-state index is -5.02. The second kappa shape index (κ2) is 8.74. The van der Waals surface area contributed by atoms with Gasteiger partial charge in [-0.25, -0.2) is 0 Å². The summed E-state index contributed by atoms with van der Waals surface area (Å²) in [5, 5.41) is 0.286. The summed E-state index contributed by atoms with van der Waals surface area (Å²) in [6, 6.07) is 6.47. The maximum absolute atomic E-state index is 13.8. The second-order valence-electron chi connectivity index (χ2n) is 8.93. The number of esters is 1. The lowest BCUT2D eigenvalue weighted by molar-refractivity contribution is -0.154. The molecule has 0 N–H and O–H groups in total.